The monoisotopic (exact) mass is 262 g/mol. The first-order valence-electron chi connectivity index (χ1n) is 6.39. The molecule has 19 heavy (non-hydrogen) atoms. The fraction of sp³-hybridized carbons (Fsp3) is 0.462. The molecule has 0 spiro atoms. The molecule has 1 fully saturated rings. The van der Waals surface area contributed by atoms with E-state index in [9.17, 15) is 9.59 Å². The van der Waals surface area contributed by atoms with Gasteiger partial charge in [0.05, 0.1) is 11.9 Å². The van der Waals surface area contributed by atoms with E-state index in [1.807, 2.05) is 0 Å². The number of aromatic nitrogens is 1. The molecule has 1 unspecified atom stereocenters. The maximum atomic E-state index is 12.0. The third kappa shape index (κ3) is 3.21. The molecule has 0 aromatic carbocycles. The fourth-order valence-electron chi connectivity index (χ4n) is 2.08. The smallest absolute Gasteiger partial charge is 0.270 e. The van der Waals surface area contributed by atoms with Crippen molar-refractivity contribution >= 4 is 17.5 Å². The summed E-state index contributed by atoms with van der Waals surface area (Å²) in [6, 6.07) is 2.61. The molecule has 0 bridgehead atoms. The molecule has 1 aliphatic rings. The Kier molecular flexibility index (Phi) is 3.99. The molecular formula is C13H18N4O2. The van der Waals surface area contributed by atoms with Crippen LogP contribution in [0, 0.1) is 0 Å². The van der Waals surface area contributed by atoms with E-state index in [1.165, 1.54) is 12.3 Å². The minimum atomic E-state index is -0.537. The standard InChI is InChI=1S/C13H18N4O2/c1-9(13(19)17-6-2-3-7-17)16-12(18)11-5-4-10(14)8-15-11/h4-5,8-9H,2-3,6-7,14H2,1H3,(H,16,18). The summed E-state index contributed by atoms with van der Waals surface area (Å²) in [6.45, 7) is 3.24. The zero-order valence-electron chi connectivity index (χ0n) is 10.9. The van der Waals surface area contributed by atoms with Crippen molar-refractivity contribution in [3.8, 4) is 0 Å². The average molecular weight is 262 g/mol. The Labute approximate surface area is 112 Å². The van der Waals surface area contributed by atoms with E-state index >= 15 is 0 Å². The van der Waals surface area contributed by atoms with Gasteiger partial charge < -0.3 is 16.0 Å². The lowest BCUT2D eigenvalue weighted by molar-refractivity contribution is -0.131. The number of carbonyl (C=O) groups excluding carboxylic acids is 2. The number of carbonyl (C=O) groups is 2. The largest absolute Gasteiger partial charge is 0.397 e. The van der Waals surface area contributed by atoms with Crippen LogP contribution in [0.2, 0.25) is 0 Å². The lowest BCUT2D eigenvalue weighted by Crippen LogP contribution is -2.46. The van der Waals surface area contributed by atoms with E-state index < -0.39 is 6.04 Å². The Bertz CT molecular complexity index is 466. The number of nitrogens with two attached hydrogens (primary N) is 1. The summed E-state index contributed by atoms with van der Waals surface area (Å²) in [5, 5.41) is 2.66. The van der Waals surface area contributed by atoms with E-state index in [4.69, 9.17) is 5.73 Å². The van der Waals surface area contributed by atoms with Crippen LogP contribution in [0.15, 0.2) is 18.3 Å². The van der Waals surface area contributed by atoms with Crippen LogP contribution in [-0.2, 0) is 4.79 Å². The third-order valence-corrected chi connectivity index (χ3v) is 3.15. The molecule has 102 valence electrons. The van der Waals surface area contributed by atoms with Crippen molar-refractivity contribution in [1.29, 1.82) is 0 Å². The molecule has 0 aliphatic carbocycles. The first kappa shape index (κ1) is 13.3. The lowest BCUT2D eigenvalue weighted by Gasteiger charge is -2.20. The summed E-state index contributed by atoms with van der Waals surface area (Å²) in [4.78, 5) is 29.6. The van der Waals surface area contributed by atoms with Crippen LogP contribution in [0.3, 0.4) is 0 Å². The highest BCUT2D eigenvalue weighted by Gasteiger charge is 2.24. The minimum Gasteiger partial charge on any atom is -0.397 e. The van der Waals surface area contributed by atoms with Crippen LogP contribution in [0.5, 0.6) is 0 Å². The van der Waals surface area contributed by atoms with Gasteiger partial charge in [0.1, 0.15) is 11.7 Å². The second-order valence-corrected chi connectivity index (χ2v) is 4.70. The van der Waals surface area contributed by atoms with E-state index in [2.05, 4.69) is 10.3 Å². The van der Waals surface area contributed by atoms with Crippen LogP contribution < -0.4 is 11.1 Å². The molecule has 1 aliphatic heterocycles. The SMILES string of the molecule is CC(NC(=O)c1ccc(N)cn1)C(=O)N1CCCC1. The zero-order valence-corrected chi connectivity index (χ0v) is 10.9. The number of pyridine rings is 1. The number of nitrogens with zero attached hydrogens (tertiary/aromatic N) is 2. The normalized spacial score (nSPS) is 16.2. The summed E-state index contributed by atoms with van der Waals surface area (Å²) in [5.74, 6) is -0.402. The first-order chi connectivity index (χ1) is 9.08. The Morgan fingerprint density at radius 3 is 2.63 bits per heavy atom. The molecule has 3 N–H and O–H groups in total. The number of hydrogen-bond acceptors (Lipinski definition) is 4. The Hall–Kier alpha value is -2.11. The summed E-state index contributed by atoms with van der Waals surface area (Å²) in [7, 11) is 0. The highest BCUT2D eigenvalue weighted by molar-refractivity contribution is 5.96. The molecule has 1 saturated heterocycles. The Morgan fingerprint density at radius 2 is 2.05 bits per heavy atom. The van der Waals surface area contributed by atoms with E-state index in [0.717, 1.165) is 25.9 Å². The molecule has 0 radical (unpaired) electrons. The van der Waals surface area contributed by atoms with Gasteiger partial charge in [-0.25, -0.2) is 4.98 Å². The van der Waals surface area contributed by atoms with E-state index in [0.29, 0.717) is 5.69 Å². The number of amides is 2. The van der Waals surface area contributed by atoms with Crippen molar-refractivity contribution in [3.63, 3.8) is 0 Å². The van der Waals surface area contributed by atoms with Gasteiger partial charge >= 0.3 is 0 Å². The molecule has 6 nitrogen and oxygen atoms in total. The molecule has 2 heterocycles. The van der Waals surface area contributed by atoms with Gasteiger partial charge in [0, 0.05) is 13.1 Å². The maximum Gasteiger partial charge on any atom is 0.270 e. The lowest BCUT2D eigenvalue weighted by atomic mass is 10.2. The molecule has 1 aromatic heterocycles. The Balaban J connectivity index is 1.94. The third-order valence-electron chi connectivity index (χ3n) is 3.15. The predicted molar refractivity (Wildman–Crippen MR) is 71.4 cm³/mol. The number of hydrogen-bond donors (Lipinski definition) is 2. The van der Waals surface area contributed by atoms with Gasteiger partial charge in [0.2, 0.25) is 5.91 Å². The molecule has 1 atom stereocenters. The number of nitrogens with one attached hydrogen (secondary N) is 1. The quantitative estimate of drug-likeness (QED) is 0.825. The van der Waals surface area contributed by atoms with Gasteiger partial charge in [0.15, 0.2) is 0 Å². The molecule has 6 heteroatoms. The summed E-state index contributed by atoms with van der Waals surface area (Å²) in [5.41, 5.74) is 6.26. The van der Waals surface area contributed by atoms with Crippen molar-refractivity contribution in [1.82, 2.24) is 15.2 Å². The Morgan fingerprint density at radius 1 is 1.37 bits per heavy atom. The van der Waals surface area contributed by atoms with Crippen LogP contribution in [0.1, 0.15) is 30.3 Å². The summed E-state index contributed by atoms with van der Waals surface area (Å²) < 4.78 is 0. The zero-order chi connectivity index (χ0) is 13.8. The van der Waals surface area contributed by atoms with Crippen molar-refractivity contribution in [2.24, 2.45) is 0 Å². The van der Waals surface area contributed by atoms with Crippen LogP contribution >= 0.6 is 0 Å². The molecule has 2 amide bonds. The van der Waals surface area contributed by atoms with Gasteiger partial charge in [-0.2, -0.15) is 0 Å². The summed E-state index contributed by atoms with van der Waals surface area (Å²) in [6.07, 6.45) is 3.49. The van der Waals surface area contributed by atoms with Gasteiger partial charge in [-0.15, -0.1) is 0 Å². The van der Waals surface area contributed by atoms with Crippen LogP contribution in [-0.4, -0.2) is 40.8 Å². The fourth-order valence-corrected chi connectivity index (χ4v) is 2.08. The molecule has 0 saturated carbocycles. The number of anilines is 1. The highest BCUT2D eigenvalue weighted by atomic mass is 16.2. The summed E-state index contributed by atoms with van der Waals surface area (Å²) >= 11 is 0. The first-order valence-corrected chi connectivity index (χ1v) is 6.39. The van der Waals surface area contributed by atoms with Gasteiger partial charge in [0.25, 0.3) is 5.91 Å². The molecule has 2 rings (SSSR count). The molecular weight excluding hydrogens is 244 g/mol. The van der Waals surface area contributed by atoms with Gasteiger partial charge in [-0.05, 0) is 31.9 Å². The van der Waals surface area contributed by atoms with E-state index in [1.54, 1.807) is 17.9 Å². The predicted octanol–water partition coefficient (Wildman–Crippen LogP) is 0.404. The second kappa shape index (κ2) is 5.69. The van der Waals surface area contributed by atoms with Crippen molar-refractivity contribution in [2.75, 3.05) is 18.8 Å². The number of nitrogen functional groups attached to an aromatic ring is 1. The maximum absolute atomic E-state index is 12.0. The van der Waals surface area contributed by atoms with Gasteiger partial charge in [-0.3, -0.25) is 9.59 Å². The van der Waals surface area contributed by atoms with Gasteiger partial charge in [-0.1, -0.05) is 0 Å². The average Bonchev–Trinajstić information content (AvgIpc) is 2.92. The topological polar surface area (TPSA) is 88.3 Å². The van der Waals surface area contributed by atoms with E-state index in [-0.39, 0.29) is 17.5 Å². The minimum absolute atomic E-state index is 0.0405. The molecule has 1 aromatic rings. The van der Waals surface area contributed by atoms with Crippen molar-refractivity contribution in [2.45, 2.75) is 25.8 Å². The van der Waals surface area contributed by atoms with Crippen molar-refractivity contribution in [3.05, 3.63) is 24.0 Å². The second-order valence-electron chi connectivity index (χ2n) is 4.70. The highest BCUT2D eigenvalue weighted by Crippen LogP contribution is 2.09. The van der Waals surface area contributed by atoms with Crippen LogP contribution in [0.4, 0.5) is 5.69 Å². The number of rotatable bonds is 3. The van der Waals surface area contributed by atoms with Crippen LogP contribution in [0.25, 0.3) is 0 Å². The number of likely N-dealkylation sites (tertiary alicyclic amines) is 1. The van der Waals surface area contributed by atoms with Crippen molar-refractivity contribution < 1.29 is 9.59 Å².